The summed E-state index contributed by atoms with van der Waals surface area (Å²) >= 11 is 3.84. The first kappa shape index (κ1) is 17.9. The van der Waals surface area contributed by atoms with Gasteiger partial charge in [-0.2, -0.15) is 0 Å². The van der Waals surface area contributed by atoms with Crippen molar-refractivity contribution in [3.8, 4) is 0 Å². The number of para-hydroxylation sites is 1. The molecule has 0 radical (unpaired) electrons. The third-order valence-electron chi connectivity index (χ3n) is 3.73. The number of carbonyl (C=O) groups is 2. The molecule has 2 aromatic carbocycles. The molecule has 1 fully saturated rings. The molecule has 4 nitrogen and oxygen atoms in total. The van der Waals surface area contributed by atoms with Crippen molar-refractivity contribution in [2.75, 3.05) is 16.8 Å². The molecule has 0 aliphatic carbocycles. The van der Waals surface area contributed by atoms with Crippen LogP contribution in [-0.4, -0.2) is 29.5 Å². The van der Waals surface area contributed by atoms with Crippen LogP contribution in [0.5, 0.6) is 0 Å². The van der Waals surface area contributed by atoms with Gasteiger partial charge in [-0.05, 0) is 36.8 Å². The largest absolute Gasteiger partial charge is 0.449 e. The number of hydrogen-bond acceptors (Lipinski definition) is 5. The summed E-state index contributed by atoms with van der Waals surface area (Å²) in [6.07, 6.45) is -0.867. The minimum atomic E-state index is -0.867. The summed E-state index contributed by atoms with van der Waals surface area (Å²) < 4.78 is 5.72. The minimum Gasteiger partial charge on any atom is -0.449 e. The Labute approximate surface area is 155 Å². The van der Waals surface area contributed by atoms with Gasteiger partial charge in [0.25, 0.3) is 5.91 Å². The number of rotatable bonds is 5. The van der Waals surface area contributed by atoms with Crippen LogP contribution in [0.25, 0.3) is 0 Å². The molecule has 1 heterocycles. The normalized spacial score (nSPS) is 15.6. The zero-order valence-electron chi connectivity index (χ0n) is 13.8. The van der Waals surface area contributed by atoms with E-state index in [1.54, 1.807) is 31.2 Å². The molecule has 1 aliphatic heterocycles. The zero-order chi connectivity index (χ0) is 17.6. The molecule has 1 saturated heterocycles. The number of carbonyl (C=O) groups excluding carboxylic acids is 2. The molecule has 0 unspecified atom stereocenters. The van der Waals surface area contributed by atoms with Crippen molar-refractivity contribution >= 4 is 41.1 Å². The molecule has 0 spiro atoms. The molecule has 1 aliphatic rings. The van der Waals surface area contributed by atoms with E-state index in [1.165, 1.54) is 5.56 Å². The number of esters is 1. The Morgan fingerprint density at radius 3 is 2.32 bits per heavy atom. The number of benzene rings is 2. The van der Waals surface area contributed by atoms with Crippen molar-refractivity contribution in [1.82, 2.24) is 0 Å². The second-order valence-electron chi connectivity index (χ2n) is 5.60. The van der Waals surface area contributed by atoms with Gasteiger partial charge in [-0.1, -0.05) is 30.3 Å². The molecule has 25 heavy (non-hydrogen) atoms. The van der Waals surface area contributed by atoms with Gasteiger partial charge in [0.05, 0.1) is 10.1 Å². The highest BCUT2D eigenvalue weighted by atomic mass is 32.2. The average molecular weight is 373 g/mol. The Hall–Kier alpha value is -1.92. The molecule has 3 rings (SSSR count). The Bertz CT molecular complexity index is 728. The van der Waals surface area contributed by atoms with Crippen LogP contribution in [0.3, 0.4) is 0 Å². The summed E-state index contributed by atoms with van der Waals surface area (Å²) in [5.41, 5.74) is 2.33. The maximum atomic E-state index is 12.2. The highest BCUT2D eigenvalue weighted by Gasteiger charge is 2.21. The Morgan fingerprint density at radius 2 is 1.68 bits per heavy atom. The van der Waals surface area contributed by atoms with Crippen molar-refractivity contribution < 1.29 is 14.3 Å². The monoisotopic (exact) mass is 373 g/mol. The summed E-state index contributed by atoms with van der Waals surface area (Å²) in [7, 11) is 0. The van der Waals surface area contributed by atoms with Crippen molar-refractivity contribution in [1.29, 1.82) is 0 Å². The van der Waals surface area contributed by atoms with E-state index >= 15 is 0 Å². The van der Waals surface area contributed by atoms with Crippen LogP contribution in [0.1, 0.15) is 27.4 Å². The zero-order valence-corrected chi connectivity index (χ0v) is 15.4. The molecule has 1 atom stereocenters. The van der Waals surface area contributed by atoms with Gasteiger partial charge in [-0.25, -0.2) is 4.79 Å². The highest BCUT2D eigenvalue weighted by Crippen LogP contribution is 2.45. The summed E-state index contributed by atoms with van der Waals surface area (Å²) in [5, 5.41) is 2.72. The number of nitrogens with one attached hydrogen (secondary N) is 1. The molecule has 130 valence electrons. The number of amides is 1. The lowest BCUT2D eigenvalue weighted by Gasteiger charge is -2.14. The Morgan fingerprint density at radius 1 is 1.04 bits per heavy atom. The molecule has 6 heteroatoms. The van der Waals surface area contributed by atoms with Crippen LogP contribution >= 0.6 is 23.5 Å². The first-order valence-corrected chi connectivity index (χ1v) is 10.1. The molecule has 2 aromatic rings. The van der Waals surface area contributed by atoms with E-state index in [4.69, 9.17) is 4.74 Å². The molecular formula is C19H19NO3S2. The molecular weight excluding hydrogens is 354 g/mol. The summed E-state index contributed by atoms with van der Waals surface area (Å²) in [5.74, 6) is 1.48. The third kappa shape index (κ3) is 4.80. The van der Waals surface area contributed by atoms with E-state index in [0.717, 1.165) is 11.5 Å². The molecule has 1 amide bonds. The minimum absolute atomic E-state index is 0.352. The number of hydrogen-bond donors (Lipinski definition) is 1. The topological polar surface area (TPSA) is 55.4 Å². The first-order valence-electron chi connectivity index (χ1n) is 8.03. The number of ether oxygens (including phenoxy) is 1. The smallest absolute Gasteiger partial charge is 0.338 e. The second kappa shape index (κ2) is 8.45. The van der Waals surface area contributed by atoms with E-state index in [0.29, 0.717) is 15.8 Å². The predicted molar refractivity (Wildman–Crippen MR) is 104 cm³/mol. The predicted octanol–water partition coefficient (Wildman–Crippen LogP) is 4.35. The van der Waals surface area contributed by atoms with Gasteiger partial charge in [0.1, 0.15) is 0 Å². The van der Waals surface area contributed by atoms with E-state index in [9.17, 15) is 9.59 Å². The van der Waals surface area contributed by atoms with E-state index in [-0.39, 0.29) is 5.91 Å². The molecule has 0 saturated carbocycles. The summed E-state index contributed by atoms with van der Waals surface area (Å²) in [4.78, 5) is 24.3. The maximum absolute atomic E-state index is 12.2. The van der Waals surface area contributed by atoms with Crippen LogP contribution in [0.4, 0.5) is 5.69 Å². The van der Waals surface area contributed by atoms with Gasteiger partial charge >= 0.3 is 5.97 Å². The molecule has 0 aromatic heterocycles. The Balaban J connectivity index is 1.56. The van der Waals surface area contributed by atoms with Gasteiger partial charge in [0.15, 0.2) is 6.10 Å². The van der Waals surface area contributed by atoms with E-state index in [1.807, 2.05) is 53.9 Å². The third-order valence-corrected chi connectivity index (χ3v) is 6.84. The fourth-order valence-corrected chi connectivity index (χ4v) is 5.23. The highest BCUT2D eigenvalue weighted by molar-refractivity contribution is 8.19. The lowest BCUT2D eigenvalue weighted by Crippen LogP contribution is -2.29. The average Bonchev–Trinajstić information content (AvgIpc) is 3.17. The van der Waals surface area contributed by atoms with Crippen molar-refractivity contribution in [3.63, 3.8) is 0 Å². The number of anilines is 1. The van der Waals surface area contributed by atoms with E-state index in [2.05, 4.69) is 5.32 Å². The SMILES string of the molecule is C[C@@H](OC(=O)c1ccc(C2SCCS2)cc1)C(=O)Nc1ccccc1. The molecule has 1 N–H and O–H groups in total. The first-order chi connectivity index (χ1) is 12.1. The van der Waals surface area contributed by atoms with Gasteiger partial charge in [-0.3, -0.25) is 4.79 Å². The van der Waals surface area contributed by atoms with Gasteiger partial charge in [-0.15, -0.1) is 23.5 Å². The Kier molecular flexibility index (Phi) is 6.04. The van der Waals surface area contributed by atoms with Crippen LogP contribution in [0, 0.1) is 0 Å². The van der Waals surface area contributed by atoms with Crippen molar-refractivity contribution in [3.05, 3.63) is 65.7 Å². The number of thioether (sulfide) groups is 2. The van der Waals surface area contributed by atoms with Gasteiger partial charge in [0, 0.05) is 17.2 Å². The van der Waals surface area contributed by atoms with Gasteiger partial charge < -0.3 is 10.1 Å². The van der Waals surface area contributed by atoms with Crippen molar-refractivity contribution in [2.45, 2.75) is 17.6 Å². The van der Waals surface area contributed by atoms with Crippen LogP contribution in [0.2, 0.25) is 0 Å². The molecule has 0 bridgehead atoms. The summed E-state index contributed by atoms with van der Waals surface area (Å²) in [6, 6.07) is 16.5. The second-order valence-corrected chi connectivity index (χ2v) is 8.32. The van der Waals surface area contributed by atoms with Crippen LogP contribution < -0.4 is 5.32 Å². The standard InChI is InChI=1S/C19H19NO3S2/c1-13(17(21)20-16-5-3-2-4-6-16)23-18(22)14-7-9-15(10-8-14)19-24-11-12-25-19/h2-10,13,19H,11-12H2,1H3,(H,20,21)/t13-/m1/s1. The lowest BCUT2D eigenvalue weighted by atomic mass is 10.1. The summed E-state index contributed by atoms with van der Waals surface area (Å²) in [6.45, 7) is 1.57. The van der Waals surface area contributed by atoms with E-state index < -0.39 is 12.1 Å². The fourth-order valence-electron chi connectivity index (χ4n) is 2.37. The van der Waals surface area contributed by atoms with Crippen molar-refractivity contribution in [2.24, 2.45) is 0 Å². The maximum Gasteiger partial charge on any atom is 0.338 e. The van der Waals surface area contributed by atoms with Crippen LogP contribution in [-0.2, 0) is 9.53 Å². The van der Waals surface area contributed by atoms with Gasteiger partial charge in [0.2, 0.25) is 0 Å². The quantitative estimate of drug-likeness (QED) is 0.790. The lowest BCUT2D eigenvalue weighted by molar-refractivity contribution is -0.123. The fraction of sp³-hybridized carbons (Fsp3) is 0.263. The van der Waals surface area contributed by atoms with Crippen LogP contribution in [0.15, 0.2) is 54.6 Å².